The lowest BCUT2D eigenvalue weighted by Crippen LogP contribution is -1.98. The predicted octanol–water partition coefficient (Wildman–Crippen LogP) is 3.92. The highest BCUT2D eigenvalue weighted by atomic mass is 32.2. The maximum atomic E-state index is 11.0. The first-order chi connectivity index (χ1) is 12.7. The Kier molecular flexibility index (Phi) is 7.55. The maximum absolute atomic E-state index is 11.0. The van der Waals surface area contributed by atoms with Gasteiger partial charge in [-0.1, -0.05) is 43.5 Å². The number of benzene rings is 2. The van der Waals surface area contributed by atoms with Crippen LogP contribution in [-0.2, 0) is 33.1 Å². The molecule has 27 heavy (non-hydrogen) atoms. The van der Waals surface area contributed by atoms with Crippen LogP contribution in [0.4, 0.5) is 0 Å². The van der Waals surface area contributed by atoms with Gasteiger partial charge in [-0.25, -0.2) is 0 Å². The van der Waals surface area contributed by atoms with Gasteiger partial charge in [-0.2, -0.15) is 16.8 Å². The van der Waals surface area contributed by atoms with Gasteiger partial charge in [-0.3, -0.25) is 9.11 Å². The second-order valence-electron chi connectivity index (χ2n) is 6.51. The topological polar surface area (TPSA) is 109 Å². The zero-order valence-corrected chi connectivity index (χ0v) is 16.5. The largest absolute Gasteiger partial charge is 0.294 e. The summed E-state index contributed by atoms with van der Waals surface area (Å²) in [6, 6.07) is 12.5. The molecule has 8 heteroatoms. The molecule has 2 aromatic rings. The summed E-state index contributed by atoms with van der Waals surface area (Å²) in [6.45, 7) is 0. The van der Waals surface area contributed by atoms with E-state index in [1.54, 1.807) is 24.3 Å². The van der Waals surface area contributed by atoms with Crippen LogP contribution in [-0.4, -0.2) is 25.9 Å². The number of hydrogen-bond acceptors (Lipinski definition) is 4. The summed E-state index contributed by atoms with van der Waals surface area (Å²) in [5.41, 5.74) is 2.09. The van der Waals surface area contributed by atoms with Gasteiger partial charge in [0, 0.05) is 0 Å². The van der Waals surface area contributed by atoms with Crippen molar-refractivity contribution in [2.24, 2.45) is 0 Å². The van der Waals surface area contributed by atoms with E-state index < -0.39 is 20.2 Å². The zero-order chi connectivity index (χ0) is 19.9. The Balaban J connectivity index is 1.62. The third-order valence-electron chi connectivity index (χ3n) is 4.37. The van der Waals surface area contributed by atoms with Gasteiger partial charge < -0.3 is 0 Å². The Bertz CT molecular complexity index is 851. The minimum atomic E-state index is -4.13. The molecule has 0 atom stereocenters. The van der Waals surface area contributed by atoms with E-state index in [2.05, 4.69) is 0 Å². The third-order valence-corrected chi connectivity index (χ3v) is 6.11. The Morgan fingerprint density at radius 1 is 0.519 bits per heavy atom. The van der Waals surface area contributed by atoms with Crippen LogP contribution in [0.5, 0.6) is 0 Å². The fraction of sp³-hybridized carbons (Fsp3) is 0.368. The average Bonchev–Trinajstić information content (AvgIpc) is 2.60. The van der Waals surface area contributed by atoms with Crippen LogP contribution in [0.1, 0.15) is 43.2 Å². The molecule has 0 amide bonds. The van der Waals surface area contributed by atoms with Gasteiger partial charge >= 0.3 is 0 Å². The summed E-state index contributed by atoms with van der Waals surface area (Å²) in [7, 11) is -8.26. The molecule has 2 N–H and O–H groups in total. The lowest BCUT2D eigenvalue weighted by atomic mass is 10.0. The Hall–Kier alpha value is -1.74. The maximum Gasteiger partial charge on any atom is 0.294 e. The molecule has 0 fully saturated rings. The predicted molar refractivity (Wildman–Crippen MR) is 103 cm³/mol. The molecule has 0 aliphatic heterocycles. The highest BCUT2D eigenvalue weighted by Gasteiger charge is 2.09. The molecule has 2 rings (SSSR count). The van der Waals surface area contributed by atoms with Crippen LogP contribution in [0.25, 0.3) is 0 Å². The van der Waals surface area contributed by atoms with E-state index in [0.717, 1.165) is 56.1 Å². The van der Waals surface area contributed by atoms with Gasteiger partial charge in [-0.05, 0) is 61.1 Å². The number of hydrogen-bond donors (Lipinski definition) is 2. The summed E-state index contributed by atoms with van der Waals surface area (Å²) < 4.78 is 61.8. The molecule has 2 aromatic carbocycles. The van der Waals surface area contributed by atoms with Crippen molar-refractivity contribution < 1.29 is 25.9 Å². The highest BCUT2D eigenvalue weighted by Crippen LogP contribution is 2.15. The number of unbranched alkanes of at least 4 members (excludes halogenated alkanes) is 4. The molecule has 148 valence electrons. The highest BCUT2D eigenvalue weighted by molar-refractivity contribution is 7.86. The first kappa shape index (κ1) is 21.6. The molecule has 0 saturated heterocycles. The van der Waals surface area contributed by atoms with E-state index in [4.69, 9.17) is 9.11 Å². The van der Waals surface area contributed by atoms with Gasteiger partial charge in [0.2, 0.25) is 0 Å². The van der Waals surface area contributed by atoms with Crippen LogP contribution in [0.3, 0.4) is 0 Å². The molecule has 0 unspecified atom stereocenters. The van der Waals surface area contributed by atoms with Gasteiger partial charge in [0.25, 0.3) is 20.2 Å². The molecule has 6 nitrogen and oxygen atoms in total. The summed E-state index contributed by atoms with van der Waals surface area (Å²) in [6.07, 6.45) is 6.98. The minimum absolute atomic E-state index is 0.0872. The van der Waals surface area contributed by atoms with Crippen LogP contribution in [0.2, 0.25) is 0 Å². The second kappa shape index (κ2) is 9.45. The van der Waals surface area contributed by atoms with Crippen molar-refractivity contribution in [3.05, 3.63) is 59.7 Å². The van der Waals surface area contributed by atoms with Gasteiger partial charge in [0.05, 0.1) is 9.79 Å². The van der Waals surface area contributed by atoms with Crippen molar-refractivity contribution in [1.82, 2.24) is 0 Å². The van der Waals surface area contributed by atoms with E-state index in [1.165, 1.54) is 24.3 Å². The summed E-state index contributed by atoms with van der Waals surface area (Å²) in [4.78, 5) is -0.174. The molecule has 0 bridgehead atoms. The fourth-order valence-corrected chi connectivity index (χ4v) is 3.80. The summed E-state index contributed by atoms with van der Waals surface area (Å²) >= 11 is 0. The van der Waals surface area contributed by atoms with E-state index >= 15 is 0 Å². The third kappa shape index (κ3) is 7.42. The molecular formula is C19H24O6S2. The molecule has 0 aliphatic carbocycles. The molecule has 0 aromatic heterocycles. The first-order valence-corrected chi connectivity index (χ1v) is 11.7. The van der Waals surface area contributed by atoms with Gasteiger partial charge in [-0.15, -0.1) is 0 Å². The molecular weight excluding hydrogens is 388 g/mol. The Morgan fingerprint density at radius 3 is 1.11 bits per heavy atom. The summed E-state index contributed by atoms with van der Waals surface area (Å²) in [5, 5.41) is 0. The molecule has 0 aliphatic rings. The van der Waals surface area contributed by atoms with Gasteiger partial charge in [0.1, 0.15) is 0 Å². The van der Waals surface area contributed by atoms with Crippen molar-refractivity contribution in [2.45, 2.75) is 54.7 Å². The smallest absolute Gasteiger partial charge is 0.282 e. The standard InChI is InChI=1S/C19H24O6S2/c20-26(21,22)18-12-8-16(9-13-18)6-4-2-1-3-5-7-17-10-14-19(15-11-17)27(23,24)25/h8-15H,1-7H2,(H,20,21,22)(H,23,24,25). The Labute approximate surface area is 160 Å². The van der Waals surface area contributed by atoms with Crippen molar-refractivity contribution in [3.8, 4) is 0 Å². The molecule has 0 heterocycles. The summed E-state index contributed by atoms with van der Waals surface area (Å²) in [5.74, 6) is 0. The number of rotatable bonds is 10. The minimum Gasteiger partial charge on any atom is -0.282 e. The van der Waals surface area contributed by atoms with E-state index in [0.29, 0.717) is 0 Å². The monoisotopic (exact) mass is 412 g/mol. The second-order valence-corrected chi connectivity index (χ2v) is 9.35. The van der Waals surface area contributed by atoms with Crippen molar-refractivity contribution >= 4 is 20.2 Å². The van der Waals surface area contributed by atoms with Crippen LogP contribution in [0.15, 0.2) is 58.3 Å². The van der Waals surface area contributed by atoms with Crippen LogP contribution >= 0.6 is 0 Å². The fourth-order valence-electron chi connectivity index (χ4n) is 2.84. The normalized spacial score (nSPS) is 12.2. The first-order valence-electron chi connectivity index (χ1n) is 8.79. The van der Waals surface area contributed by atoms with E-state index in [9.17, 15) is 16.8 Å². The Morgan fingerprint density at radius 2 is 0.815 bits per heavy atom. The zero-order valence-electron chi connectivity index (χ0n) is 14.9. The molecule has 0 radical (unpaired) electrons. The van der Waals surface area contributed by atoms with Gasteiger partial charge in [0.15, 0.2) is 0 Å². The average molecular weight is 413 g/mol. The number of aryl methyl sites for hydroxylation is 2. The quantitative estimate of drug-likeness (QED) is 0.452. The van der Waals surface area contributed by atoms with Crippen LogP contribution in [0, 0.1) is 0 Å². The van der Waals surface area contributed by atoms with E-state index in [-0.39, 0.29) is 9.79 Å². The van der Waals surface area contributed by atoms with Crippen molar-refractivity contribution in [1.29, 1.82) is 0 Å². The SMILES string of the molecule is O=S(=O)(O)c1ccc(CCCCCCCc2ccc(S(=O)(=O)O)cc2)cc1. The van der Waals surface area contributed by atoms with Crippen molar-refractivity contribution in [2.75, 3.05) is 0 Å². The molecule has 0 saturated carbocycles. The lowest BCUT2D eigenvalue weighted by Gasteiger charge is -2.05. The molecule has 0 spiro atoms. The lowest BCUT2D eigenvalue weighted by molar-refractivity contribution is 0.481. The van der Waals surface area contributed by atoms with Crippen LogP contribution < -0.4 is 0 Å². The van der Waals surface area contributed by atoms with Crippen molar-refractivity contribution in [3.63, 3.8) is 0 Å². The van der Waals surface area contributed by atoms with E-state index in [1.807, 2.05) is 0 Å².